The van der Waals surface area contributed by atoms with Gasteiger partial charge < -0.3 is 30.5 Å². The molecule has 1 fully saturated rings. The summed E-state index contributed by atoms with van der Waals surface area (Å²) < 4.78 is 37.4. The Morgan fingerprint density at radius 1 is 1.08 bits per heavy atom. The van der Waals surface area contributed by atoms with Gasteiger partial charge in [0.25, 0.3) is 0 Å². The van der Waals surface area contributed by atoms with E-state index in [9.17, 15) is 13.2 Å². The molecule has 3 aromatic rings. The fourth-order valence-electron chi connectivity index (χ4n) is 5.52. The molecule has 12 nitrogen and oxygen atoms in total. The molecule has 4 N–H and O–H groups in total. The van der Waals surface area contributed by atoms with Gasteiger partial charge in [-0.2, -0.15) is 4.98 Å². The van der Waals surface area contributed by atoms with E-state index in [0.717, 1.165) is 31.5 Å². The molecule has 48 heavy (non-hydrogen) atoms. The molecule has 0 saturated carbocycles. The summed E-state index contributed by atoms with van der Waals surface area (Å²) in [7, 11) is -3.56. The molecule has 4 rings (SSSR count). The van der Waals surface area contributed by atoms with Crippen molar-refractivity contribution in [2.24, 2.45) is 0 Å². The van der Waals surface area contributed by atoms with Gasteiger partial charge in [0.15, 0.2) is 15.7 Å². The van der Waals surface area contributed by atoms with E-state index >= 15 is 0 Å². The molecule has 0 bridgehead atoms. The van der Waals surface area contributed by atoms with Gasteiger partial charge in [-0.05, 0) is 102 Å². The molecule has 2 aromatic carbocycles. The maximum absolute atomic E-state index is 13.0. The van der Waals surface area contributed by atoms with E-state index in [1.807, 2.05) is 19.9 Å². The van der Waals surface area contributed by atoms with Crippen molar-refractivity contribution in [1.29, 1.82) is 0 Å². The Hall–Kier alpha value is -3.49. The van der Waals surface area contributed by atoms with Crippen LogP contribution in [0.1, 0.15) is 57.6 Å². The molecule has 0 spiro atoms. The Labute approximate surface area is 288 Å². The van der Waals surface area contributed by atoms with Crippen molar-refractivity contribution in [3.63, 3.8) is 0 Å². The highest BCUT2D eigenvalue weighted by Crippen LogP contribution is 2.38. The van der Waals surface area contributed by atoms with E-state index in [1.165, 1.54) is 11.8 Å². The predicted molar refractivity (Wildman–Crippen MR) is 189 cm³/mol. The number of ether oxygens (including phenoxy) is 2. The van der Waals surface area contributed by atoms with Gasteiger partial charge in [-0.1, -0.05) is 23.7 Å². The molecule has 1 saturated heterocycles. The lowest BCUT2D eigenvalue weighted by molar-refractivity contribution is -0.122. The molecule has 262 valence electrons. The smallest absolute Gasteiger partial charge is 0.234 e. The van der Waals surface area contributed by atoms with E-state index in [-0.39, 0.29) is 46.9 Å². The molecular formula is C34H47ClN6O6S. The number of nitrogens with one attached hydrogen (secondary N) is 3. The number of halogens is 1. The van der Waals surface area contributed by atoms with Crippen LogP contribution in [0.2, 0.25) is 5.02 Å². The number of aryl methyl sites for hydroxylation is 1. The number of likely N-dealkylation sites (tertiary alicyclic amines) is 1. The van der Waals surface area contributed by atoms with Crippen LogP contribution in [0, 0.1) is 6.92 Å². The number of piperidine rings is 1. The fourth-order valence-corrected chi connectivity index (χ4v) is 6.86. The van der Waals surface area contributed by atoms with Gasteiger partial charge in [0, 0.05) is 6.54 Å². The first-order chi connectivity index (χ1) is 22.9. The summed E-state index contributed by atoms with van der Waals surface area (Å²) >= 11 is 6.46. The topological polar surface area (TPSA) is 155 Å². The van der Waals surface area contributed by atoms with Crippen molar-refractivity contribution in [2.75, 3.05) is 56.6 Å². The van der Waals surface area contributed by atoms with Gasteiger partial charge in [-0.25, -0.2) is 13.4 Å². The minimum atomic E-state index is -3.56. The Balaban J connectivity index is 1.48. The third kappa shape index (κ3) is 10.0. The molecular weight excluding hydrogens is 656 g/mol. The molecule has 1 aliphatic heterocycles. The average molecular weight is 703 g/mol. The van der Waals surface area contributed by atoms with Crippen molar-refractivity contribution in [3.8, 4) is 5.75 Å². The van der Waals surface area contributed by atoms with Crippen molar-refractivity contribution in [3.05, 3.63) is 58.7 Å². The number of carbonyl (C=O) groups excluding carboxylic acids is 1. The van der Waals surface area contributed by atoms with Crippen molar-refractivity contribution in [1.82, 2.24) is 20.2 Å². The summed E-state index contributed by atoms with van der Waals surface area (Å²) in [5.41, 5.74) is 3.35. The summed E-state index contributed by atoms with van der Waals surface area (Å²) in [4.78, 5) is 23.7. The lowest BCUT2D eigenvalue weighted by Gasteiger charge is -2.32. The minimum absolute atomic E-state index is 0.0338. The number of para-hydroxylation sites is 1. The Bertz CT molecular complexity index is 1650. The molecule has 1 aromatic heterocycles. The molecule has 1 amide bonds. The molecule has 14 heteroatoms. The van der Waals surface area contributed by atoms with E-state index in [2.05, 4.69) is 43.8 Å². The summed E-state index contributed by atoms with van der Waals surface area (Å²) in [6.07, 6.45) is 3.19. The lowest BCUT2D eigenvalue weighted by Crippen LogP contribution is -2.42. The maximum Gasteiger partial charge on any atom is 0.234 e. The predicted octanol–water partition coefficient (Wildman–Crippen LogP) is 5.20. The number of sulfone groups is 1. The zero-order chi connectivity index (χ0) is 34.8. The van der Waals surface area contributed by atoms with Crippen LogP contribution < -0.4 is 20.7 Å². The molecule has 0 radical (unpaired) electrons. The third-order valence-electron chi connectivity index (χ3n) is 7.99. The average Bonchev–Trinajstić information content (AvgIpc) is 3.04. The monoisotopic (exact) mass is 702 g/mol. The van der Waals surface area contributed by atoms with Gasteiger partial charge in [0.1, 0.15) is 10.8 Å². The zero-order valence-electron chi connectivity index (χ0n) is 28.3. The number of aliphatic hydroxyl groups excluding tert-OH is 1. The number of aromatic nitrogens is 2. The van der Waals surface area contributed by atoms with Gasteiger partial charge >= 0.3 is 0 Å². The Morgan fingerprint density at radius 2 is 1.81 bits per heavy atom. The summed E-state index contributed by atoms with van der Waals surface area (Å²) in [6, 6.07) is 10.8. The van der Waals surface area contributed by atoms with Gasteiger partial charge in [-0.15, -0.1) is 0 Å². The van der Waals surface area contributed by atoms with E-state index in [4.69, 9.17) is 26.2 Å². The number of hydrogen-bond acceptors (Lipinski definition) is 11. The summed E-state index contributed by atoms with van der Waals surface area (Å²) in [5.74, 6) is 1.46. The fraction of sp³-hybridized carbons (Fsp3) is 0.500. The van der Waals surface area contributed by atoms with E-state index in [0.29, 0.717) is 42.7 Å². The van der Waals surface area contributed by atoms with Crippen molar-refractivity contribution < 1.29 is 27.8 Å². The molecule has 1 aliphatic rings. The Kier molecular flexibility index (Phi) is 13.4. The summed E-state index contributed by atoms with van der Waals surface area (Å²) in [6.45, 7) is 12.3. The second kappa shape index (κ2) is 17.3. The van der Waals surface area contributed by atoms with Gasteiger partial charge in [0.2, 0.25) is 11.9 Å². The van der Waals surface area contributed by atoms with Crippen molar-refractivity contribution in [2.45, 2.75) is 69.6 Å². The number of rotatable bonds is 16. The standard InChI is InChI=1S/C34H47ClN6O6S/c1-22(2)47-30-19-26(25-10-13-41(14-11-25)21-32(43)36-12-16-46-17-15-42)24(5)18-29(30)39-34-37-20-27(35)33(40-34)38-28-8-6-7-9-31(28)48(44,45)23(3)4/h6-9,18-20,22-23,25,42H,10-17,21H2,1-5H3,(H,36,43)(H2,37,38,39,40). The minimum Gasteiger partial charge on any atom is -0.489 e. The highest BCUT2D eigenvalue weighted by atomic mass is 35.5. The second-order valence-corrected chi connectivity index (χ2v) is 15.2. The number of carbonyl (C=O) groups is 1. The maximum atomic E-state index is 13.0. The number of nitrogens with zero attached hydrogens (tertiary/aromatic N) is 3. The van der Waals surface area contributed by atoms with Crippen molar-refractivity contribution >= 4 is 50.5 Å². The van der Waals surface area contributed by atoms with Gasteiger partial charge in [-0.3, -0.25) is 9.69 Å². The second-order valence-electron chi connectivity index (χ2n) is 12.3. The van der Waals surface area contributed by atoms with Crippen LogP contribution in [0.5, 0.6) is 5.75 Å². The number of hydrogen-bond donors (Lipinski definition) is 4. The molecule has 0 unspecified atom stereocenters. The zero-order valence-corrected chi connectivity index (χ0v) is 29.8. The normalized spacial score (nSPS) is 14.4. The van der Waals surface area contributed by atoms with Crippen LogP contribution in [0.25, 0.3) is 0 Å². The number of aliphatic hydroxyl groups is 1. The van der Waals surface area contributed by atoms with Crippen LogP contribution in [-0.4, -0.2) is 91.7 Å². The van der Waals surface area contributed by atoms with Crippen LogP contribution >= 0.6 is 11.6 Å². The first kappa shape index (κ1) is 37.3. The Morgan fingerprint density at radius 3 is 2.50 bits per heavy atom. The number of amides is 1. The lowest BCUT2D eigenvalue weighted by atomic mass is 9.86. The van der Waals surface area contributed by atoms with E-state index in [1.54, 1.807) is 38.1 Å². The molecule has 0 atom stereocenters. The SMILES string of the molecule is Cc1cc(Nc2ncc(Cl)c(Nc3ccccc3S(=O)(=O)C(C)C)n2)c(OC(C)C)cc1C1CCN(CC(=O)NCCOCCO)CC1. The van der Waals surface area contributed by atoms with Crippen LogP contribution in [0.4, 0.5) is 23.1 Å². The first-order valence-corrected chi connectivity index (χ1v) is 18.2. The molecule has 2 heterocycles. The van der Waals surface area contributed by atoms with Crippen LogP contribution in [-0.2, 0) is 19.4 Å². The van der Waals surface area contributed by atoms with E-state index < -0.39 is 15.1 Å². The number of benzene rings is 2. The number of anilines is 4. The summed E-state index contributed by atoms with van der Waals surface area (Å²) in [5, 5.41) is 17.7. The van der Waals surface area contributed by atoms with Gasteiger partial charge in [0.05, 0.1) is 60.2 Å². The largest absolute Gasteiger partial charge is 0.489 e. The third-order valence-corrected chi connectivity index (χ3v) is 10.5. The van der Waals surface area contributed by atoms with Crippen LogP contribution in [0.15, 0.2) is 47.5 Å². The highest BCUT2D eigenvalue weighted by molar-refractivity contribution is 7.92. The molecule has 0 aliphatic carbocycles. The van der Waals surface area contributed by atoms with Crippen LogP contribution in [0.3, 0.4) is 0 Å². The quantitative estimate of drug-likeness (QED) is 0.146. The highest BCUT2D eigenvalue weighted by Gasteiger charge is 2.26. The first-order valence-electron chi connectivity index (χ1n) is 16.3.